The van der Waals surface area contributed by atoms with E-state index in [-0.39, 0.29) is 22.4 Å². The highest BCUT2D eigenvalue weighted by Crippen LogP contribution is 2.19. The highest BCUT2D eigenvalue weighted by atomic mass is 35.5. The minimum atomic E-state index is -4.01. The van der Waals surface area contributed by atoms with Crippen molar-refractivity contribution in [3.8, 4) is 0 Å². The highest BCUT2D eigenvalue weighted by molar-refractivity contribution is 7.89. The molecule has 0 amide bonds. The summed E-state index contributed by atoms with van der Waals surface area (Å²) >= 11 is 5.61. The van der Waals surface area contributed by atoms with Gasteiger partial charge in [0.2, 0.25) is 10.0 Å². The lowest BCUT2D eigenvalue weighted by Crippen LogP contribution is -2.33. The van der Waals surface area contributed by atoms with Gasteiger partial charge in [-0.15, -0.1) is 0 Å². The number of carboxylic acids is 1. The molecule has 0 bridgehead atoms. The lowest BCUT2D eigenvalue weighted by molar-refractivity contribution is -0.142. The molecule has 0 spiro atoms. The number of sulfonamides is 1. The molecule has 5 nitrogen and oxygen atoms in total. The van der Waals surface area contributed by atoms with E-state index < -0.39 is 27.7 Å². The van der Waals surface area contributed by atoms with Crippen molar-refractivity contribution >= 4 is 27.6 Å². The Morgan fingerprint density at radius 3 is 2.48 bits per heavy atom. The van der Waals surface area contributed by atoms with Gasteiger partial charge in [-0.25, -0.2) is 17.5 Å². The molecule has 21 heavy (non-hydrogen) atoms. The van der Waals surface area contributed by atoms with Crippen LogP contribution >= 0.6 is 11.6 Å². The smallest absolute Gasteiger partial charge is 0.307 e. The second-order valence-corrected chi connectivity index (χ2v) is 7.33. The molecule has 0 aliphatic heterocycles. The fourth-order valence-electron chi connectivity index (χ4n) is 1.82. The molecule has 8 heteroatoms. The topological polar surface area (TPSA) is 83.5 Å². The molecule has 118 valence electrons. The van der Waals surface area contributed by atoms with Crippen LogP contribution in [0.2, 0.25) is 5.02 Å². The highest BCUT2D eigenvalue weighted by Gasteiger charge is 2.23. The number of carbonyl (C=O) groups is 1. The van der Waals surface area contributed by atoms with Crippen LogP contribution in [0.15, 0.2) is 23.1 Å². The Hall–Kier alpha value is -1.18. The van der Waals surface area contributed by atoms with Gasteiger partial charge >= 0.3 is 5.97 Å². The largest absolute Gasteiger partial charge is 0.481 e. The zero-order valence-electron chi connectivity index (χ0n) is 11.6. The lowest BCUT2D eigenvalue weighted by atomic mass is 9.98. The summed E-state index contributed by atoms with van der Waals surface area (Å²) in [7, 11) is -4.01. The van der Waals surface area contributed by atoms with Crippen LogP contribution < -0.4 is 4.72 Å². The third-order valence-electron chi connectivity index (χ3n) is 2.77. The number of benzene rings is 1. The van der Waals surface area contributed by atoms with Gasteiger partial charge in [0, 0.05) is 11.6 Å². The predicted octanol–water partition coefficient (Wildman–Crippen LogP) is 2.50. The molecule has 0 aliphatic carbocycles. The number of carboxylic acid groups (broad SMARTS) is 1. The number of hydrogen-bond donors (Lipinski definition) is 2. The fourth-order valence-corrected chi connectivity index (χ4v) is 3.24. The van der Waals surface area contributed by atoms with Gasteiger partial charge < -0.3 is 5.11 Å². The van der Waals surface area contributed by atoms with Crippen molar-refractivity contribution in [2.75, 3.05) is 6.54 Å². The zero-order chi connectivity index (χ0) is 16.2. The second-order valence-electron chi connectivity index (χ2n) is 5.12. The summed E-state index contributed by atoms with van der Waals surface area (Å²) in [4.78, 5) is 10.7. The summed E-state index contributed by atoms with van der Waals surface area (Å²) in [6.45, 7) is 3.43. The fraction of sp³-hybridized carbons (Fsp3) is 0.462. The number of rotatable bonds is 7. The molecule has 2 N–H and O–H groups in total. The Bertz CT molecular complexity index is 598. The molecule has 0 aliphatic rings. The minimum absolute atomic E-state index is 0.0488. The minimum Gasteiger partial charge on any atom is -0.481 e. The Morgan fingerprint density at radius 2 is 2.00 bits per heavy atom. The van der Waals surface area contributed by atoms with E-state index in [4.69, 9.17) is 16.7 Å². The normalized spacial score (nSPS) is 13.4. The second kappa shape index (κ2) is 7.20. The van der Waals surface area contributed by atoms with Crippen LogP contribution in [-0.2, 0) is 14.8 Å². The van der Waals surface area contributed by atoms with E-state index in [0.717, 1.165) is 18.2 Å². The molecule has 1 aromatic rings. The molecule has 1 aromatic carbocycles. The zero-order valence-corrected chi connectivity index (χ0v) is 13.2. The van der Waals surface area contributed by atoms with Crippen molar-refractivity contribution in [2.45, 2.75) is 25.2 Å². The third kappa shape index (κ3) is 5.61. The Balaban J connectivity index is 2.87. The van der Waals surface area contributed by atoms with E-state index in [9.17, 15) is 17.6 Å². The first kappa shape index (κ1) is 17.9. The van der Waals surface area contributed by atoms with Crippen LogP contribution in [0.5, 0.6) is 0 Å². The summed E-state index contributed by atoms with van der Waals surface area (Å²) in [5.74, 6) is -2.59. The van der Waals surface area contributed by atoms with E-state index in [1.165, 1.54) is 0 Å². The Labute approximate surface area is 128 Å². The molecule has 0 saturated carbocycles. The van der Waals surface area contributed by atoms with E-state index in [2.05, 4.69) is 4.72 Å². The van der Waals surface area contributed by atoms with E-state index in [1.54, 1.807) is 0 Å². The van der Waals surface area contributed by atoms with Crippen LogP contribution in [0.4, 0.5) is 4.39 Å². The average Bonchev–Trinajstić information content (AvgIpc) is 2.32. The molecule has 1 unspecified atom stereocenters. The maximum absolute atomic E-state index is 13.2. The van der Waals surface area contributed by atoms with Crippen molar-refractivity contribution in [1.29, 1.82) is 0 Å². The quantitative estimate of drug-likeness (QED) is 0.800. The van der Waals surface area contributed by atoms with Crippen LogP contribution in [0.25, 0.3) is 0 Å². The molecule has 0 radical (unpaired) electrons. The van der Waals surface area contributed by atoms with Crippen molar-refractivity contribution in [3.63, 3.8) is 0 Å². The van der Waals surface area contributed by atoms with Crippen molar-refractivity contribution in [1.82, 2.24) is 4.72 Å². The van der Waals surface area contributed by atoms with Crippen LogP contribution in [0.1, 0.15) is 20.3 Å². The first-order valence-electron chi connectivity index (χ1n) is 6.30. The Morgan fingerprint density at radius 1 is 1.38 bits per heavy atom. The molecule has 1 atom stereocenters. The van der Waals surface area contributed by atoms with Crippen molar-refractivity contribution in [2.24, 2.45) is 11.8 Å². The van der Waals surface area contributed by atoms with E-state index >= 15 is 0 Å². The summed E-state index contributed by atoms with van der Waals surface area (Å²) in [5.41, 5.74) is 0. The lowest BCUT2D eigenvalue weighted by Gasteiger charge is -2.15. The molecule has 0 aromatic heterocycles. The third-order valence-corrected chi connectivity index (χ3v) is 4.39. The van der Waals surface area contributed by atoms with E-state index in [0.29, 0.717) is 6.42 Å². The molecule has 1 rings (SSSR count). The number of hydrogen-bond acceptors (Lipinski definition) is 3. The van der Waals surface area contributed by atoms with Crippen LogP contribution in [0.3, 0.4) is 0 Å². The number of halogens is 2. The van der Waals surface area contributed by atoms with E-state index in [1.807, 2.05) is 13.8 Å². The standard InChI is InChI=1S/C13H17ClFNO4S/c1-8(2)3-9(13(17)18)7-16-21(19,20)12-5-10(14)4-11(15)6-12/h4-6,8-9,16H,3,7H2,1-2H3,(H,17,18). The Kier molecular flexibility index (Phi) is 6.12. The van der Waals surface area contributed by atoms with Crippen molar-refractivity contribution in [3.05, 3.63) is 29.0 Å². The van der Waals surface area contributed by atoms with Gasteiger partial charge in [0.05, 0.1) is 10.8 Å². The summed E-state index contributed by atoms with van der Waals surface area (Å²) < 4.78 is 39.4. The number of aliphatic carboxylic acids is 1. The number of nitrogens with one attached hydrogen (secondary N) is 1. The predicted molar refractivity (Wildman–Crippen MR) is 77.2 cm³/mol. The SMILES string of the molecule is CC(C)CC(CNS(=O)(=O)c1cc(F)cc(Cl)c1)C(=O)O. The molecular formula is C13H17ClFNO4S. The average molecular weight is 338 g/mol. The van der Waals surface area contributed by atoms with Gasteiger partial charge in [-0.05, 0) is 30.5 Å². The summed E-state index contributed by atoms with van der Waals surface area (Å²) in [5, 5.41) is 9.01. The van der Waals surface area contributed by atoms with Gasteiger partial charge in [-0.1, -0.05) is 25.4 Å². The van der Waals surface area contributed by atoms with Gasteiger partial charge in [0.1, 0.15) is 5.82 Å². The van der Waals surface area contributed by atoms with Crippen LogP contribution in [-0.4, -0.2) is 26.0 Å². The van der Waals surface area contributed by atoms with Gasteiger partial charge in [0.25, 0.3) is 0 Å². The monoisotopic (exact) mass is 337 g/mol. The summed E-state index contributed by atoms with van der Waals surface area (Å²) in [6.07, 6.45) is 0.335. The summed E-state index contributed by atoms with van der Waals surface area (Å²) in [6, 6.07) is 2.91. The maximum atomic E-state index is 13.2. The molecule has 0 heterocycles. The first-order chi connectivity index (χ1) is 9.61. The molecule has 0 fully saturated rings. The molecule has 0 saturated heterocycles. The van der Waals surface area contributed by atoms with Gasteiger partial charge in [-0.3, -0.25) is 4.79 Å². The van der Waals surface area contributed by atoms with Crippen molar-refractivity contribution < 1.29 is 22.7 Å². The van der Waals surface area contributed by atoms with Crippen LogP contribution in [0, 0.1) is 17.7 Å². The first-order valence-corrected chi connectivity index (χ1v) is 8.16. The van der Waals surface area contributed by atoms with Gasteiger partial charge in [-0.2, -0.15) is 0 Å². The maximum Gasteiger partial charge on any atom is 0.307 e. The molecular weight excluding hydrogens is 321 g/mol. The van der Waals surface area contributed by atoms with Gasteiger partial charge in [0.15, 0.2) is 0 Å².